The van der Waals surface area contributed by atoms with E-state index < -0.39 is 17.2 Å². The van der Waals surface area contributed by atoms with Gasteiger partial charge < -0.3 is 10.2 Å². The molecule has 1 aliphatic rings. The summed E-state index contributed by atoms with van der Waals surface area (Å²) in [5, 5.41) is 4.70. The molecule has 0 bridgehead atoms. The van der Waals surface area contributed by atoms with Gasteiger partial charge in [0.15, 0.2) is 0 Å². The lowest BCUT2D eigenvalue weighted by atomic mass is 10.2. The lowest BCUT2D eigenvalue weighted by molar-refractivity contribution is -0.119. The van der Waals surface area contributed by atoms with Gasteiger partial charge in [-0.3, -0.25) is 14.9 Å². The van der Waals surface area contributed by atoms with Crippen LogP contribution in [-0.2, 0) is 4.79 Å². The molecule has 0 saturated carbocycles. The van der Waals surface area contributed by atoms with Gasteiger partial charge in [-0.1, -0.05) is 11.8 Å². The number of aromatic nitrogens is 1. The topological polar surface area (TPSA) is 91.4 Å². The maximum Gasteiger partial charge on any atom is 0.321 e. The van der Waals surface area contributed by atoms with Gasteiger partial charge in [0.1, 0.15) is 0 Å². The second-order valence-electron chi connectivity index (χ2n) is 5.21. The Hall–Kier alpha value is -2.09. The van der Waals surface area contributed by atoms with Gasteiger partial charge in [-0.2, -0.15) is 0 Å². The molecule has 0 radical (unpaired) electrons. The van der Waals surface area contributed by atoms with Crippen LogP contribution in [0.2, 0.25) is 0 Å². The number of imide groups is 1. The van der Waals surface area contributed by atoms with Crippen LogP contribution in [0.1, 0.15) is 30.1 Å². The predicted molar refractivity (Wildman–Crippen MR) is 87.3 cm³/mol. The number of urea groups is 1. The smallest absolute Gasteiger partial charge is 0.321 e. The number of nitrogens with zero attached hydrogens (tertiary/aromatic N) is 2. The van der Waals surface area contributed by atoms with Crippen molar-refractivity contribution in [2.24, 2.45) is 0 Å². The second-order valence-corrected chi connectivity index (χ2v) is 6.57. The number of carbonyl (C=O) groups excluding carboxylic acids is 3. The third-order valence-corrected chi connectivity index (χ3v) is 4.56. The molecule has 7 nitrogen and oxygen atoms in total. The average Bonchev–Trinajstić information content (AvgIpc) is 3.09. The van der Waals surface area contributed by atoms with E-state index in [9.17, 15) is 14.4 Å². The summed E-state index contributed by atoms with van der Waals surface area (Å²) in [6.45, 7) is 3.28. The molecular formula is C15H20N4O3S. The molecule has 1 saturated heterocycles. The van der Waals surface area contributed by atoms with E-state index in [2.05, 4.69) is 15.6 Å². The first kappa shape index (κ1) is 17.3. The van der Waals surface area contributed by atoms with E-state index >= 15 is 0 Å². The quantitative estimate of drug-likeness (QED) is 0.808. The summed E-state index contributed by atoms with van der Waals surface area (Å²) < 4.78 is 0. The monoisotopic (exact) mass is 336 g/mol. The Bertz CT molecular complexity index is 585. The SMILES string of the molecule is CNC(=O)NC(=O)C(C)Sc1ccc(C(=O)N2CCCC2)cn1. The molecule has 8 heteroatoms. The van der Waals surface area contributed by atoms with Crippen LogP contribution in [-0.4, -0.2) is 53.1 Å². The maximum absolute atomic E-state index is 12.2. The van der Waals surface area contributed by atoms with Crippen molar-refractivity contribution in [1.29, 1.82) is 0 Å². The number of carbonyl (C=O) groups is 3. The van der Waals surface area contributed by atoms with Crippen molar-refractivity contribution in [3.63, 3.8) is 0 Å². The molecule has 4 amide bonds. The molecule has 2 rings (SSSR count). The highest BCUT2D eigenvalue weighted by Gasteiger charge is 2.20. The van der Waals surface area contributed by atoms with Crippen LogP contribution in [0.4, 0.5) is 4.79 Å². The van der Waals surface area contributed by atoms with Gasteiger partial charge in [-0.25, -0.2) is 9.78 Å². The highest BCUT2D eigenvalue weighted by Crippen LogP contribution is 2.22. The number of likely N-dealkylation sites (tertiary alicyclic amines) is 1. The van der Waals surface area contributed by atoms with E-state index in [1.54, 1.807) is 19.1 Å². The molecule has 1 aliphatic heterocycles. The highest BCUT2D eigenvalue weighted by atomic mass is 32.2. The molecule has 2 N–H and O–H groups in total. The van der Waals surface area contributed by atoms with Crippen LogP contribution < -0.4 is 10.6 Å². The number of amides is 4. The van der Waals surface area contributed by atoms with Gasteiger partial charge in [0, 0.05) is 26.3 Å². The summed E-state index contributed by atoms with van der Waals surface area (Å²) in [5.74, 6) is -0.398. The normalized spacial score (nSPS) is 15.1. The fraction of sp³-hybridized carbons (Fsp3) is 0.467. The van der Waals surface area contributed by atoms with E-state index in [1.165, 1.54) is 25.0 Å². The summed E-state index contributed by atoms with van der Waals surface area (Å²) in [4.78, 5) is 41.2. The van der Waals surface area contributed by atoms with E-state index in [0.717, 1.165) is 25.9 Å². The Kier molecular flexibility index (Phi) is 5.97. The zero-order chi connectivity index (χ0) is 16.8. The highest BCUT2D eigenvalue weighted by molar-refractivity contribution is 8.00. The van der Waals surface area contributed by atoms with Gasteiger partial charge >= 0.3 is 6.03 Å². The van der Waals surface area contributed by atoms with Crippen LogP contribution in [0.25, 0.3) is 0 Å². The first-order valence-corrected chi connectivity index (χ1v) is 8.34. The Morgan fingerprint density at radius 2 is 1.96 bits per heavy atom. The largest absolute Gasteiger partial charge is 0.341 e. The van der Waals surface area contributed by atoms with Crippen molar-refractivity contribution in [1.82, 2.24) is 20.5 Å². The van der Waals surface area contributed by atoms with Crippen LogP contribution in [0.5, 0.6) is 0 Å². The Labute approximate surface area is 139 Å². The van der Waals surface area contributed by atoms with E-state index in [0.29, 0.717) is 10.6 Å². The van der Waals surface area contributed by atoms with Crippen molar-refractivity contribution >= 4 is 29.6 Å². The van der Waals surface area contributed by atoms with Crippen molar-refractivity contribution < 1.29 is 14.4 Å². The lowest BCUT2D eigenvalue weighted by Crippen LogP contribution is -2.41. The van der Waals surface area contributed by atoms with Crippen LogP contribution >= 0.6 is 11.8 Å². The minimum Gasteiger partial charge on any atom is -0.341 e. The summed E-state index contributed by atoms with van der Waals surface area (Å²) in [6.07, 6.45) is 3.63. The zero-order valence-corrected chi connectivity index (χ0v) is 14.0. The first-order chi connectivity index (χ1) is 11.0. The van der Waals surface area contributed by atoms with E-state index in [-0.39, 0.29) is 5.91 Å². The number of thioether (sulfide) groups is 1. The summed E-state index contributed by atoms with van der Waals surface area (Å²) in [7, 11) is 1.44. The molecular weight excluding hydrogens is 316 g/mol. The number of rotatable bonds is 4. The molecule has 0 spiro atoms. The van der Waals surface area contributed by atoms with Gasteiger partial charge in [-0.15, -0.1) is 0 Å². The third kappa shape index (κ3) is 4.69. The molecule has 1 aromatic rings. The van der Waals surface area contributed by atoms with Crippen LogP contribution in [0.3, 0.4) is 0 Å². The standard InChI is InChI=1S/C15H20N4O3S/c1-10(13(20)18-15(22)16-2)23-12-6-5-11(9-17-12)14(21)19-7-3-4-8-19/h5-6,9-10H,3-4,7-8H2,1-2H3,(H2,16,18,20,22). The van der Waals surface area contributed by atoms with Gasteiger partial charge in [0.05, 0.1) is 15.8 Å². The van der Waals surface area contributed by atoms with Crippen LogP contribution in [0.15, 0.2) is 23.4 Å². The number of pyridine rings is 1. The molecule has 0 aromatic carbocycles. The fourth-order valence-electron chi connectivity index (χ4n) is 2.19. The van der Waals surface area contributed by atoms with Gasteiger partial charge in [-0.05, 0) is 31.9 Å². The first-order valence-electron chi connectivity index (χ1n) is 7.46. The third-order valence-electron chi connectivity index (χ3n) is 3.51. The van der Waals surface area contributed by atoms with Crippen LogP contribution in [0, 0.1) is 0 Å². The Morgan fingerprint density at radius 3 is 2.52 bits per heavy atom. The Balaban J connectivity index is 1.92. The molecule has 0 aliphatic carbocycles. The number of nitrogens with one attached hydrogen (secondary N) is 2. The van der Waals surface area contributed by atoms with E-state index in [4.69, 9.17) is 0 Å². The molecule has 1 fully saturated rings. The molecule has 124 valence electrons. The lowest BCUT2D eigenvalue weighted by Gasteiger charge is -2.15. The average molecular weight is 336 g/mol. The van der Waals surface area contributed by atoms with Gasteiger partial charge in [0.2, 0.25) is 5.91 Å². The maximum atomic E-state index is 12.2. The van der Waals surface area contributed by atoms with Crippen molar-refractivity contribution in [2.75, 3.05) is 20.1 Å². The zero-order valence-electron chi connectivity index (χ0n) is 13.2. The second kappa shape index (κ2) is 7.96. The van der Waals surface area contributed by atoms with Crippen molar-refractivity contribution in [3.8, 4) is 0 Å². The minimum atomic E-state index is -0.540. The van der Waals surface area contributed by atoms with Crippen molar-refractivity contribution in [2.45, 2.75) is 30.0 Å². The molecule has 1 unspecified atom stereocenters. The fourth-order valence-corrected chi connectivity index (χ4v) is 2.98. The van der Waals surface area contributed by atoms with Gasteiger partial charge in [0.25, 0.3) is 5.91 Å². The summed E-state index contributed by atoms with van der Waals surface area (Å²) in [6, 6.07) is 2.90. The summed E-state index contributed by atoms with van der Waals surface area (Å²) >= 11 is 1.23. The summed E-state index contributed by atoms with van der Waals surface area (Å²) in [5.41, 5.74) is 0.554. The molecule has 2 heterocycles. The Morgan fingerprint density at radius 1 is 1.26 bits per heavy atom. The predicted octanol–water partition coefficient (Wildman–Crippen LogP) is 1.25. The minimum absolute atomic E-state index is 0.00282. The molecule has 1 atom stereocenters. The van der Waals surface area contributed by atoms with E-state index in [1.807, 2.05) is 4.90 Å². The van der Waals surface area contributed by atoms with Crippen molar-refractivity contribution in [3.05, 3.63) is 23.9 Å². The molecule has 1 aromatic heterocycles. The number of hydrogen-bond donors (Lipinski definition) is 2. The number of hydrogen-bond acceptors (Lipinski definition) is 5. The molecule has 23 heavy (non-hydrogen) atoms.